The first-order valence-electron chi connectivity index (χ1n) is 6.12. The lowest BCUT2D eigenvalue weighted by molar-refractivity contribution is -0.146. The lowest BCUT2D eigenvalue weighted by atomic mass is 9.92. The average Bonchev–Trinajstić information content (AvgIpc) is 2.42. The van der Waals surface area contributed by atoms with Crippen LogP contribution >= 0.6 is 0 Å². The van der Waals surface area contributed by atoms with E-state index in [1.54, 1.807) is 13.0 Å². The summed E-state index contributed by atoms with van der Waals surface area (Å²) in [5, 5.41) is 0. The van der Waals surface area contributed by atoms with Crippen LogP contribution in [0.5, 0.6) is 0 Å². The van der Waals surface area contributed by atoms with Gasteiger partial charge in [0.1, 0.15) is 0 Å². The van der Waals surface area contributed by atoms with Crippen molar-refractivity contribution in [1.29, 1.82) is 0 Å². The van der Waals surface area contributed by atoms with Crippen LogP contribution < -0.4 is 0 Å². The molecule has 1 unspecified atom stereocenters. The molecule has 0 bridgehead atoms. The van der Waals surface area contributed by atoms with Crippen molar-refractivity contribution in [2.75, 3.05) is 6.61 Å². The minimum atomic E-state index is -0.253. The second-order valence-corrected chi connectivity index (χ2v) is 4.27. The maximum absolute atomic E-state index is 11.9. The highest BCUT2D eigenvalue weighted by Crippen LogP contribution is 2.29. The van der Waals surface area contributed by atoms with E-state index in [0.29, 0.717) is 25.9 Å². The highest BCUT2D eigenvalue weighted by molar-refractivity contribution is 5.97. The number of ether oxygens (including phenoxy) is 1. The molecular formula is C14H20O3. The molecule has 0 aliphatic heterocycles. The van der Waals surface area contributed by atoms with Crippen LogP contribution in [-0.4, -0.2) is 18.4 Å². The van der Waals surface area contributed by atoms with Gasteiger partial charge in [-0.15, -0.1) is 6.58 Å². The van der Waals surface area contributed by atoms with Gasteiger partial charge in [-0.3, -0.25) is 9.59 Å². The Morgan fingerprint density at radius 1 is 1.59 bits per heavy atom. The molecule has 0 radical (unpaired) electrons. The molecule has 0 saturated heterocycles. The van der Waals surface area contributed by atoms with Crippen molar-refractivity contribution < 1.29 is 14.3 Å². The van der Waals surface area contributed by atoms with Gasteiger partial charge in [-0.25, -0.2) is 0 Å². The molecule has 0 aromatic carbocycles. The van der Waals surface area contributed by atoms with Gasteiger partial charge in [0, 0.05) is 6.42 Å². The normalized spacial score (nSPS) is 21.1. The molecule has 94 valence electrons. The Kier molecular flexibility index (Phi) is 5.13. The first-order valence-corrected chi connectivity index (χ1v) is 6.12. The molecule has 0 saturated carbocycles. The van der Waals surface area contributed by atoms with Crippen molar-refractivity contribution in [1.82, 2.24) is 0 Å². The summed E-state index contributed by atoms with van der Waals surface area (Å²) in [7, 11) is 0. The van der Waals surface area contributed by atoms with E-state index in [9.17, 15) is 9.59 Å². The number of allylic oxidation sites excluding steroid dienone is 2. The van der Waals surface area contributed by atoms with E-state index in [1.165, 1.54) is 0 Å². The zero-order chi connectivity index (χ0) is 12.8. The molecule has 0 aromatic heterocycles. The zero-order valence-electron chi connectivity index (χ0n) is 10.6. The molecule has 0 aromatic rings. The Balaban J connectivity index is 3.00. The van der Waals surface area contributed by atoms with Gasteiger partial charge in [-0.2, -0.15) is 0 Å². The largest absolute Gasteiger partial charge is 0.466 e. The minimum absolute atomic E-state index is 0.147. The molecule has 1 atom stereocenters. The molecule has 1 aliphatic carbocycles. The summed E-state index contributed by atoms with van der Waals surface area (Å²) < 4.78 is 5.06. The fourth-order valence-corrected chi connectivity index (χ4v) is 2.22. The van der Waals surface area contributed by atoms with E-state index >= 15 is 0 Å². The van der Waals surface area contributed by atoms with Crippen LogP contribution in [0.3, 0.4) is 0 Å². The molecule has 0 heterocycles. The maximum atomic E-state index is 11.9. The molecule has 0 fully saturated rings. The predicted molar refractivity (Wildman–Crippen MR) is 66.5 cm³/mol. The first kappa shape index (κ1) is 13.7. The van der Waals surface area contributed by atoms with E-state index < -0.39 is 0 Å². The van der Waals surface area contributed by atoms with Crippen molar-refractivity contribution in [3.63, 3.8) is 0 Å². The second kappa shape index (κ2) is 6.38. The summed E-state index contributed by atoms with van der Waals surface area (Å²) >= 11 is 0. The van der Waals surface area contributed by atoms with Crippen molar-refractivity contribution in [2.24, 2.45) is 5.92 Å². The van der Waals surface area contributed by atoms with E-state index in [2.05, 4.69) is 6.58 Å². The lowest BCUT2D eigenvalue weighted by Gasteiger charge is -2.15. The van der Waals surface area contributed by atoms with Gasteiger partial charge in [0.15, 0.2) is 5.78 Å². The Hall–Kier alpha value is -1.38. The molecule has 0 spiro atoms. The number of hydrogen-bond acceptors (Lipinski definition) is 3. The standard InChI is InChI=1S/C14H20O3/c1-4-7-11-10(3)12(14(16)17-5-2)8-6-9-13(11)15/h4,12H,1,5-9H2,2-3H3. The number of hydrogen-bond donors (Lipinski definition) is 0. The lowest BCUT2D eigenvalue weighted by Crippen LogP contribution is -2.19. The van der Waals surface area contributed by atoms with E-state index in [4.69, 9.17) is 4.74 Å². The van der Waals surface area contributed by atoms with Gasteiger partial charge in [-0.1, -0.05) is 11.6 Å². The summed E-state index contributed by atoms with van der Waals surface area (Å²) in [5.41, 5.74) is 1.61. The van der Waals surface area contributed by atoms with Gasteiger partial charge < -0.3 is 4.74 Å². The SMILES string of the molecule is C=CCC1=C(C)C(C(=O)OCC)CCCC1=O. The smallest absolute Gasteiger partial charge is 0.313 e. The molecule has 3 nitrogen and oxygen atoms in total. The number of carbonyl (C=O) groups excluding carboxylic acids is 2. The number of rotatable bonds is 4. The molecular weight excluding hydrogens is 216 g/mol. The van der Waals surface area contributed by atoms with E-state index in [-0.39, 0.29) is 17.7 Å². The van der Waals surface area contributed by atoms with Crippen molar-refractivity contribution in [2.45, 2.75) is 39.5 Å². The van der Waals surface area contributed by atoms with Crippen molar-refractivity contribution in [3.8, 4) is 0 Å². The average molecular weight is 236 g/mol. The van der Waals surface area contributed by atoms with Crippen LogP contribution in [0.2, 0.25) is 0 Å². The molecule has 0 amide bonds. The Bertz CT molecular complexity index is 352. The molecule has 1 aliphatic rings. The fraction of sp³-hybridized carbons (Fsp3) is 0.571. The van der Waals surface area contributed by atoms with E-state index in [0.717, 1.165) is 17.6 Å². The third-order valence-electron chi connectivity index (χ3n) is 3.15. The molecule has 17 heavy (non-hydrogen) atoms. The molecule has 1 rings (SSSR count). The summed E-state index contributed by atoms with van der Waals surface area (Å²) in [6, 6.07) is 0. The minimum Gasteiger partial charge on any atom is -0.466 e. The monoisotopic (exact) mass is 236 g/mol. The molecule has 0 N–H and O–H groups in total. The highest BCUT2D eigenvalue weighted by Gasteiger charge is 2.28. The summed E-state index contributed by atoms with van der Waals surface area (Å²) in [6.07, 6.45) is 4.23. The second-order valence-electron chi connectivity index (χ2n) is 4.27. The van der Waals surface area contributed by atoms with Crippen LogP contribution in [0.15, 0.2) is 23.8 Å². The van der Waals surface area contributed by atoms with Crippen LogP contribution in [0.25, 0.3) is 0 Å². The number of ketones is 1. The predicted octanol–water partition coefficient (Wildman–Crippen LogP) is 2.81. The van der Waals surface area contributed by atoms with Crippen molar-refractivity contribution in [3.05, 3.63) is 23.8 Å². The third-order valence-corrected chi connectivity index (χ3v) is 3.15. The third kappa shape index (κ3) is 3.29. The number of Topliss-reactive ketones (excluding diaryl/α,β-unsaturated/α-hetero) is 1. The van der Waals surface area contributed by atoms with Crippen LogP contribution in [0, 0.1) is 5.92 Å². The molecule has 3 heteroatoms. The van der Waals surface area contributed by atoms with Crippen LogP contribution in [0.1, 0.15) is 39.5 Å². The summed E-state index contributed by atoms with van der Waals surface area (Å²) in [6.45, 7) is 7.70. The Morgan fingerprint density at radius 2 is 2.29 bits per heavy atom. The summed E-state index contributed by atoms with van der Waals surface area (Å²) in [4.78, 5) is 23.7. The zero-order valence-corrected chi connectivity index (χ0v) is 10.6. The van der Waals surface area contributed by atoms with Gasteiger partial charge >= 0.3 is 5.97 Å². The number of esters is 1. The first-order chi connectivity index (χ1) is 8.11. The summed E-state index contributed by atoms with van der Waals surface area (Å²) in [5.74, 6) is -0.313. The van der Waals surface area contributed by atoms with Gasteiger partial charge in [-0.05, 0) is 38.7 Å². The van der Waals surface area contributed by atoms with Gasteiger partial charge in [0.2, 0.25) is 0 Å². The van der Waals surface area contributed by atoms with Gasteiger partial charge in [0.05, 0.1) is 12.5 Å². The van der Waals surface area contributed by atoms with Crippen LogP contribution in [-0.2, 0) is 14.3 Å². The maximum Gasteiger partial charge on any atom is 0.313 e. The fourth-order valence-electron chi connectivity index (χ4n) is 2.22. The Labute approximate surface area is 103 Å². The number of carbonyl (C=O) groups is 2. The van der Waals surface area contributed by atoms with Crippen molar-refractivity contribution >= 4 is 11.8 Å². The van der Waals surface area contributed by atoms with Crippen LogP contribution in [0.4, 0.5) is 0 Å². The van der Waals surface area contributed by atoms with E-state index in [1.807, 2.05) is 6.92 Å². The Morgan fingerprint density at radius 3 is 2.88 bits per heavy atom. The highest BCUT2D eigenvalue weighted by atomic mass is 16.5. The quantitative estimate of drug-likeness (QED) is 0.557. The van der Waals surface area contributed by atoms with Gasteiger partial charge in [0.25, 0.3) is 0 Å². The topological polar surface area (TPSA) is 43.4 Å².